The van der Waals surface area contributed by atoms with Gasteiger partial charge in [-0.15, -0.1) is 11.3 Å². The summed E-state index contributed by atoms with van der Waals surface area (Å²) in [4.78, 5) is 28.9. The van der Waals surface area contributed by atoms with E-state index in [0.29, 0.717) is 17.9 Å². The lowest BCUT2D eigenvalue weighted by atomic mass is 10.1. The molecule has 134 valence electrons. The summed E-state index contributed by atoms with van der Waals surface area (Å²) < 4.78 is 6.78. The highest BCUT2D eigenvalue weighted by molar-refractivity contribution is 7.19. The number of benzene rings is 1. The van der Waals surface area contributed by atoms with E-state index in [2.05, 4.69) is 10.3 Å². The van der Waals surface area contributed by atoms with Crippen molar-refractivity contribution in [3.05, 3.63) is 58.7 Å². The van der Waals surface area contributed by atoms with E-state index in [1.54, 1.807) is 13.1 Å². The Kier molecular flexibility index (Phi) is 5.18. The van der Waals surface area contributed by atoms with Crippen LogP contribution in [0.2, 0.25) is 0 Å². The van der Waals surface area contributed by atoms with Gasteiger partial charge in [0.25, 0.3) is 5.91 Å². The third-order valence-electron chi connectivity index (χ3n) is 3.95. The zero-order chi connectivity index (χ0) is 18.7. The Morgan fingerprint density at radius 2 is 2.12 bits per heavy atom. The molecule has 2 aromatic heterocycles. The van der Waals surface area contributed by atoms with Crippen LogP contribution in [0.4, 0.5) is 0 Å². The number of hydrogen-bond donors (Lipinski definition) is 2. The van der Waals surface area contributed by atoms with Crippen molar-refractivity contribution >= 4 is 33.2 Å². The number of rotatable bonds is 6. The van der Waals surface area contributed by atoms with Gasteiger partial charge in [0.15, 0.2) is 0 Å². The number of aryl methyl sites for hydroxylation is 1. The van der Waals surface area contributed by atoms with E-state index in [4.69, 9.17) is 10.5 Å². The number of pyridine rings is 1. The van der Waals surface area contributed by atoms with Crippen molar-refractivity contribution < 1.29 is 14.3 Å². The number of amides is 2. The molecule has 1 unspecified atom stereocenters. The molecule has 0 fully saturated rings. The molecule has 0 saturated carbocycles. The smallest absolute Gasteiger partial charge is 0.253 e. The zero-order valence-corrected chi connectivity index (χ0v) is 15.3. The number of nitrogens with zero attached hydrogens (tertiary/aromatic N) is 1. The zero-order valence-electron chi connectivity index (χ0n) is 14.5. The average Bonchev–Trinajstić information content (AvgIpc) is 2.95. The predicted molar refractivity (Wildman–Crippen MR) is 101 cm³/mol. The minimum Gasteiger partial charge on any atom is -0.487 e. The van der Waals surface area contributed by atoms with E-state index in [9.17, 15) is 9.59 Å². The summed E-state index contributed by atoms with van der Waals surface area (Å²) in [6.45, 7) is 3.78. The van der Waals surface area contributed by atoms with Crippen LogP contribution in [0.1, 0.15) is 27.9 Å². The van der Waals surface area contributed by atoms with Gasteiger partial charge in [0.1, 0.15) is 18.4 Å². The SMILES string of the molecule is Cc1sc2ccc(OCc3ccccn3)cc2c1C(=O)NC(C)C(N)=O. The highest BCUT2D eigenvalue weighted by atomic mass is 32.1. The molecular weight excluding hydrogens is 350 g/mol. The molecule has 1 atom stereocenters. The first-order valence-corrected chi connectivity index (χ1v) is 8.93. The van der Waals surface area contributed by atoms with Crippen molar-refractivity contribution in [3.63, 3.8) is 0 Å². The van der Waals surface area contributed by atoms with E-state index in [-0.39, 0.29) is 5.91 Å². The lowest BCUT2D eigenvalue weighted by molar-refractivity contribution is -0.119. The topological polar surface area (TPSA) is 94.3 Å². The van der Waals surface area contributed by atoms with Crippen molar-refractivity contribution in [2.75, 3.05) is 0 Å². The molecule has 0 bridgehead atoms. The van der Waals surface area contributed by atoms with Gasteiger partial charge in [-0.25, -0.2) is 0 Å². The summed E-state index contributed by atoms with van der Waals surface area (Å²) in [5, 5.41) is 3.43. The maximum atomic E-state index is 12.6. The maximum absolute atomic E-state index is 12.6. The third-order valence-corrected chi connectivity index (χ3v) is 5.04. The Morgan fingerprint density at radius 1 is 1.31 bits per heavy atom. The van der Waals surface area contributed by atoms with E-state index < -0.39 is 11.9 Å². The highest BCUT2D eigenvalue weighted by Crippen LogP contribution is 2.33. The quantitative estimate of drug-likeness (QED) is 0.698. The molecule has 3 aromatic rings. The molecule has 0 spiro atoms. The third kappa shape index (κ3) is 3.83. The minimum absolute atomic E-state index is 0.318. The van der Waals surface area contributed by atoms with Gasteiger partial charge >= 0.3 is 0 Å². The minimum atomic E-state index is -0.736. The fraction of sp³-hybridized carbons (Fsp3) is 0.211. The molecule has 0 aliphatic carbocycles. The Morgan fingerprint density at radius 3 is 2.81 bits per heavy atom. The molecule has 2 amide bonds. The van der Waals surface area contributed by atoms with Crippen molar-refractivity contribution in [1.29, 1.82) is 0 Å². The Labute approximate surface area is 155 Å². The van der Waals surface area contributed by atoms with Crippen LogP contribution >= 0.6 is 11.3 Å². The summed E-state index contributed by atoms with van der Waals surface area (Å²) in [7, 11) is 0. The molecule has 7 heteroatoms. The van der Waals surface area contributed by atoms with Crippen LogP contribution in [0.5, 0.6) is 5.75 Å². The molecule has 0 aliphatic rings. The van der Waals surface area contributed by atoms with Crippen molar-refractivity contribution in [2.45, 2.75) is 26.5 Å². The number of carbonyl (C=O) groups excluding carboxylic acids is 2. The van der Waals surface area contributed by atoms with Crippen LogP contribution in [0.3, 0.4) is 0 Å². The molecule has 3 rings (SSSR count). The molecule has 0 radical (unpaired) electrons. The summed E-state index contributed by atoms with van der Waals surface area (Å²) in [5.74, 6) is -0.241. The second-order valence-electron chi connectivity index (χ2n) is 5.90. The number of carbonyl (C=O) groups is 2. The molecule has 2 heterocycles. The van der Waals surface area contributed by atoms with Crippen LogP contribution in [0.15, 0.2) is 42.6 Å². The van der Waals surface area contributed by atoms with Crippen LogP contribution in [0.25, 0.3) is 10.1 Å². The van der Waals surface area contributed by atoms with E-state index in [1.807, 2.05) is 43.3 Å². The fourth-order valence-electron chi connectivity index (χ4n) is 2.55. The monoisotopic (exact) mass is 369 g/mol. The molecule has 0 aliphatic heterocycles. The van der Waals surface area contributed by atoms with Gasteiger partial charge in [-0.05, 0) is 44.2 Å². The van der Waals surface area contributed by atoms with E-state index >= 15 is 0 Å². The van der Waals surface area contributed by atoms with E-state index in [1.165, 1.54) is 11.3 Å². The second-order valence-corrected chi connectivity index (χ2v) is 7.15. The Bertz CT molecular complexity index is 953. The highest BCUT2D eigenvalue weighted by Gasteiger charge is 2.20. The van der Waals surface area contributed by atoms with E-state index in [0.717, 1.165) is 20.7 Å². The standard InChI is InChI=1S/C19H19N3O3S/c1-11(18(20)23)22-19(24)17-12(2)26-16-7-6-14(9-15(16)17)25-10-13-5-3-4-8-21-13/h3-9,11H,10H2,1-2H3,(H2,20,23)(H,22,24). The number of thiophene rings is 1. The normalized spacial score (nSPS) is 11.9. The first-order valence-electron chi connectivity index (χ1n) is 8.11. The Balaban J connectivity index is 1.86. The van der Waals surface area contributed by atoms with Gasteiger partial charge in [0.2, 0.25) is 5.91 Å². The number of aromatic nitrogens is 1. The van der Waals surface area contributed by atoms with Gasteiger partial charge in [-0.2, -0.15) is 0 Å². The van der Waals surface area contributed by atoms with Crippen LogP contribution in [0, 0.1) is 6.92 Å². The first-order chi connectivity index (χ1) is 12.5. The second kappa shape index (κ2) is 7.53. The van der Waals surface area contributed by atoms with Crippen molar-refractivity contribution in [3.8, 4) is 5.75 Å². The Hall–Kier alpha value is -2.93. The van der Waals surface area contributed by atoms with Crippen LogP contribution < -0.4 is 15.8 Å². The summed E-state index contributed by atoms with van der Waals surface area (Å²) in [5.41, 5.74) is 6.59. The molecule has 3 N–H and O–H groups in total. The maximum Gasteiger partial charge on any atom is 0.253 e. The van der Waals surface area contributed by atoms with Crippen LogP contribution in [-0.4, -0.2) is 22.8 Å². The average molecular weight is 369 g/mol. The lowest BCUT2D eigenvalue weighted by Crippen LogP contribution is -2.42. The number of ether oxygens (including phenoxy) is 1. The number of nitrogens with two attached hydrogens (primary N) is 1. The molecule has 26 heavy (non-hydrogen) atoms. The lowest BCUT2D eigenvalue weighted by Gasteiger charge is -2.11. The number of hydrogen-bond acceptors (Lipinski definition) is 5. The summed E-state index contributed by atoms with van der Waals surface area (Å²) in [6, 6.07) is 10.5. The van der Waals surface area contributed by atoms with Gasteiger partial charge < -0.3 is 15.8 Å². The number of fused-ring (bicyclic) bond motifs is 1. The van der Waals surface area contributed by atoms with Gasteiger partial charge in [0.05, 0.1) is 11.3 Å². The van der Waals surface area contributed by atoms with Crippen molar-refractivity contribution in [1.82, 2.24) is 10.3 Å². The van der Waals surface area contributed by atoms with Gasteiger partial charge in [0, 0.05) is 21.2 Å². The largest absolute Gasteiger partial charge is 0.487 e. The van der Waals surface area contributed by atoms with Crippen molar-refractivity contribution in [2.24, 2.45) is 5.73 Å². The predicted octanol–water partition coefficient (Wildman–Crippen LogP) is 2.79. The molecular formula is C19H19N3O3S. The molecule has 0 saturated heterocycles. The van der Waals surface area contributed by atoms with Gasteiger partial charge in [-0.1, -0.05) is 6.07 Å². The number of nitrogens with one attached hydrogen (secondary N) is 1. The van der Waals surface area contributed by atoms with Gasteiger partial charge in [-0.3, -0.25) is 14.6 Å². The molecule has 6 nitrogen and oxygen atoms in total. The first kappa shape index (κ1) is 17.9. The van der Waals surface area contributed by atoms with Crippen LogP contribution in [-0.2, 0) is 11.4 Å². The summed E-state index contributed by atoms with van der Waals surface area (Å²) in [6.07, 6.45) is 1.71. The number of primary amides is 1. The fourth-order valence-corrected chi connectivity index (χ4v) is 3.59. The molecule has 1 aromatic carbocycles. The summed E-state index contributed by atoms with van der Waals surface area (Å²) >= 11 is 1.52.